The van der Waals surface area contributed by atoms with E-state index in [1.165, 1.54) is 4.90 Å². The second-order valence-corrected chi connectivity index (χ2v) is 5.20. The lowest BCUT2D eigenvalue weighted by atomic mass is 10.1. The van der Waals surface area contributed by atoms with Crippen LogP contribution < -0.4 is 10.6 Å². The van der Waals surface area contributed by atoms with Gasteiger partial charge in [-0.3, -0.25) is 9.18 Å². The lowest BCUT2D eigenvalue weighted by Crippen LogP contribution is -2.40. The lowest BCUT2D eigenvalue weighted by Gasteiger charge is -2.19. The molecule has 0 aliphatic carbocycles. The van der Waals surface area contributed by atoms with Crippen molar-refractivity contribution in [3.8, 4) is 0 Å². The van der Waals surface area contributed by atoms with Gasteiger partial charge in [-0.2, -0.15) is 0 Å². The number of carbonyl (C=O) groups excluding carboxylic acids is 1. The fourth-order valence-electron chi connectivity index (χ4n) is 1.74. The minimum atomic E-state index is -0.384. The van der Waals surface area contributed by atoms with Crippen molar-refractivity contribution in [2.75, 3.05) is 33.9 Å². The number of rotatable bonds is 7. The van der Waals surface area contributed by atoms with Crippen LogP contribution in [0.15, 0.2) is 35.3 Å². The molecule has 1 rings (SSSR count). The number of carbonyl (C=O) groups is 1. The maximum atomic E-state index is 12.2. The Labute approximate surface area is 154 Å². The van der Waals surface area contributed by atoms with Gasteiger partial charge in [0.05, 0.1) is 12.7 Å². The van der Waals surface area contributed by atoms with Gasteiger partial charge in [-0.25, -0.2) is 4.99 Å². The second kappa shape index (κ2) is 12.1. The van der Waals surface area contributed by atoms with Crippen molar-refractivity contribution in [1.82, 2.24) is 15.5 Å². The molecule has 0 aliphatic heterocycles. The lowest BCUT2D eigenvalue weighted by molar-refractivity contribution is -0.127. The highest BCUT2D eigenvalue weighted by molar-refractivity contribution is 14.0. The van der Waals surface area contributed by atoms with Gasteiger partial charge < -0.3 is 15.5 Å². The molecule has 0 bridgehead atoms. The molecular formula is C16H26FIN4O. The van der Waals surface area contributed by atoms with Crippen LogP contribution in [-0.4, -0.2) is 50.6 Å². The Morgan fingerprint density at radius 2 is 1.96 bits per heavy atom. The van der Waals surface area contributed by atoms with E-state index in [0.717, 1.165) is 5.56 Å². The maximum Gasteiger partial charge on any atom is 0.243 e. The van der Waals surface area contributed by atoms with E-state index < -0.39 is 0 Å². The van der Waals surface area contributed by atoms with Crippen LogP contribution in [0.1, 0.15) is 24.9 Å². The third-order valence-electron chi connectivity index (χ3n) is 3.13. The predicted molar refractivity (Wildman–Crippen MR) is 103 cm³/mol. The quantitative estimate of drug-likeness (QED) is 0.299. The normalized spacial score (nSPS) is 12.1. The molecule has 7 heteroatoms. The first-order chi connectivity index (χ1) is 10.5. The molecule has 0 saturated carbocycles. The van der Waals surface area contributed by atoms with Crippen molar-refractivity contribution in [2.45, 2.75) is 19.4 Å². The Hall–Kier alpha value is -1.38. The first kappa shape index (κ1) is 21.6. The van der Waals surface area contributed by atoms with Crippen molar-refractivity contribution in [2.24, 2.45) is 4.99 Å². The summed E-state index contributed by atoms with van der Waals surface area (Å²) in [5.41, 5.74) is 1.11. The van der Waals surface area contributed by atoms with Crippen LogP contribution in [0.3, 0.4) is 0 Å². The summed E-state index contributed by atoms with van der Waals surface area (Å²) in [7, 11) is 3.38. The highest BCUT2D eigenvalue weighted by Crippen LogP contribution is 2.10. The number of aliphatic imine (C=N–C) groups is 1. The SMILES string of the molecule is CC(NC(=NCC(=O)N(C)C)NCCCF)c1ccccc1.I. The average Bonchev–Trinajstić information content (AvgIpc) is 2.52. The molecule has 0 saturated heterocycles. The number of nitrogens with zero attached hydrogens (tertiary/aromatic N) is 2. The van der Waals surface area contributed by atoms with E-state index in [1.54, 1.807) is 14.1 Å². The van der Waals surface area contributed by atoms with Gasteiger partial charge in [-0.15, -0.1) is 24.0 Å². The Kier molecular flexibility index (Phi) is 11.4. The Balaban J connectivity index is 0.00000484. The first-order valence-electron chi connectivity index (χ1n) is 7.40. The summed E-state index contributed by atoms with van der Waals surface area (Å²) < 4.78 is 12.2. The fourth-order valence-corrected chi connectivity index (χ4v) is 1.74. The number of nitrogens with one attached hydrogen (secondary N) is 2. The van der Waals surface area contributed by atoms with Gasteiger partial charge >= 0.3 is 0 Å². The number of halogens is 2. The van der Waals surface area contributed by atoms with Crippen molar-refractivity contribution in [1.29, 1.82) is 0 Å². The maximum absolute atomic E-state index is 12.2. The van der Waals surface area contributed by atoms with E-state index in [9.17, 15) is 9.18 Å². The zero-order chi connectivity index (χ0) is 16.4. The van der Waals surface area contributed by atoms with Gasteiger partial charge in [-0.1, -0.05) is 30.3 Å². The zero-order valence-electron chi connectivity index (χ0n) is 13.9. The second-order valence-electron chi connectivity index (χ2n) is 5.20. The van der Waals surface area contributed by atoms with E-state index in [0.29, 0.717) is 18.9 Å². The highest BCUT2D eigenvalue weighted by atomic mass is 127. The smallest absolute Gasteiger partial charge is 0.243 e. The third-order valence-corrected chi connectivity index (χ3v) is 3.13. The molecule has 2 N–H and O–H groups in total. The summed E-state index contributed by atoms with van der Waals surface area (Å²) in [6, 6.07) is 9.96. The number of hydrogen-bond donors (Lipinski definition) is 2. The third kappa shape index (κ3) is 8.73. The van der Waals surface area contributed by atoms with Gasteiger partial charge in [-0.05, 0) is 18.9 Å². The number of amides is 1. The molecule has 0 spiro atoms. The molecule has 1 aromatic rings. The standard InChI is InChI=1S/C16H25FN4O.HI/c1-13(14-8-5-4-6-9-14)20-16(18-11-7-10-17)19-12-15(22)21(2)3;/h4-6,8-9,13H,7,10-12H2,1-3H3,(H2,18,19,20);1H. The number of likely N-dealkylation sites (N-methyl/N-ethyl adjacent to an activating group) is 1. The molecule has 1 amide bonds. The molecule has 0 aliphatic rings. The zero-order valence-corrected chi connectivity index (χ0v) is 16.2. The number of alkyl halides is 1. The molecule has 1 atom stereocenters. The van der Waals surface area contributed by atoms with Crippen molar-refractivity contribution in [3.05, 3.63) is 35.9 Å². The van der Waals surface area contributed by atoms with Crippen molar-refractivity contribution in [3.63, 3.8) is 0 Å². The summed E-state index contributed by atoms with van der Waals surface area (Å²) in [6.45, 7) is 2.15. The van der Waals surface area contributed by atoms with E-state index >= 15 is 0 Å². The highest BCUT2D eigenvalue weighted by Gasteiger charge is 2.09. The molecule has 0 radical (unpaired) electrons. The summed E-state index contributed by atoms with van der Waals surface area (Å²) in [4.78, 5) is 17.4. The molecule has 0 aromatic heterocycles. The van der Waals surface area contributed by atoms with Crippen LogP contribution in [0.25, 0.3) is 0 Å². The predicted octanol–water partition coefficient (Wildman–Crippen LogP) is 2.35. The van der Waals surface area contributed by atoms with Crippen molar-refractivity contribution < 1.29 is 9.18 Å². The molecule has 23 heavy (non-hydrogen) atoms. The van der Waals surface area contributed by atoms with Gasteiger partial charge in [0.25, 0.3) is 0 Å². The molecule has 1 unspecified atom stereocenters. The van der Waals surface area contributed by atoms with Crippen LogP contribution in [0.5, 0.6) is 0 Å². The van der Waals surface area contributed by atoms with Crippen LogP contribution in [0, 0.1) is 0 Å². The summed E-state index contributed by atoms with van der Waals surface area (Å²) >= 11 is 0. The summed E-state index contributed by atoms with van der Waals surface area (Å²) in [5, 5.41) is 6.28. The Bertz CT molecular complexity index is 482. The van der Waals surface area contributed by atoms with E-state index in [-0.39, 0.29) is 49.1 Å². The largest absolute Gasteiger partial charge is 0.356 e. The van der Waals surface area contributed by atoms with Gasteiger partial charge in [0, 0.05) is 20.6 Å². The fraction of sp³-hybridized carbons (Fsp3) is 0.500. The molecule has 0 heterocycles. The van der Waals surface area contributed by atoms with Gasteiger partial charge in [0.2, 0.25) is 5.91 Å². The first-order valence-corrected chi connectivity index (χ1v) is 7.40. The molecule has 130 valence electrons. The van der Waals surface area contributed by atoms with Crippen LogP contribution in [0.4, 0.5) is 4.39 Å². The summed E-state index contributed by atoms with van der Waals surface area (Å²) in [6.07, 6.45) is 0.405. The average molecular weight is 436 g/mol. The van der Waals surface area contributed by atoms with E-state index in [2.05, 4.69) is 15.6 Å². The van der Waals surface area contributed by atoms with Gasteiger partial charge in [0.15, 0.2) is 5.96 Å². The molecule has 1 aromatic carbocycles. The minimum Gasteiger partial charge on any atom is -0.356 e. The van der Waals surface area contributed by atoms with Gasteiger partial charge in [0.1, 0.15) is 6.54 Å². The Morgan fingerprint density at radius 1 is 1.30 bits per heavy atom. The van der Waals surface area contributed by atoms with E-state index in [4.69, 9.17) is 0 Å². The molecule has 0 fully saturated rings. The topological polar surface area (TPSA) is 56.7 Å². The molecular weight excluding hydrogens is 410 g/mol. The monoisotopic (exact) mass is 436 g/mol. The Morgan fingerprint density at radius 3 is 2.52 bits per heavy atom. The van der Waals surface area contributed by atoms with Crippen molar-refractivity contribution >= 4 is 35.8 Å². The minimum absolute atomic E-state index is 0. The summed E-state index contributed by atoms with van der Waals surface area (Å²) in [5.74, 6) is 0.430. The number of hydrogen-bond acceptors (Lipinski definition) is 2. The number of guanidine groups is 1. The van der Waals surface area contributed by atoms with Crippen LogP contribution >= 0.6 is 24.0 Å². The van der Waals surface area contributed by atoms with E-state index in [1.807, 2.05) is 37.3 Å². The van der Waals surface area contributed by atoms with Crippen LogP contribution in [-0.2, 0) is 4.79 Å². The van der Waals surface area contributed by atoms with Crippen LogP contribution in [0.2, 0.25) is 0 Å². The number of benzene rings is 1. The molecule has 5 nitrogen and oxygen atoms in total.